The Labute approximate surface area is 122 Å². The van der Waals surface area contributed by atoms with Crippen LogP contribution in [0.4, 0.5) is 0 Å². The number of rotatable bonds is 4. The van der Waals surface area contributed by atoms with Gasteiger partial charge in [-0.15, -0.1) is 0 Å². The highest BCUT2D eigenvalue weighted by atomic mass is 32.2. The summed E-state index contributed by atoms with van der Waals surface area (Å²) in [6.07, 6.45) is 0. The van der Waals surface area contributed by atoms with Gasteiger partial charge < -0.3 is 5.11 Å². The molecule has 2 rings (SSSR count). The van der Waals surface area contributed by atoms with Crippen LogP contribution in [0.25, 0.3) is 0 Å². The number of sulfonamides is 1. The van der Waals surface area contributed by atoms with E-state index in [1.54, 1.807) is 25.6 Å². The SMILES string of the molecule is Cc1nn(CC(=O)O)c(C)c1S(=O)(=O)N1CCSCC1. The topological polar surface area (TPSA) is 92.5 Å². The van der Waals surface area contributed by atoms with Crippen molar-refractivity contribution < 1.29 is 18.3 Å². The van der Waals surface area contributed by atoms with Crippen molar-refractivity contribution in [2.45, 2.75) is 25.3 Å². The first-order chi connectivity index (χ1) is 9.34. The van der Waals surface area contributed by atoms with Crippen molar-refractivity contribution in [1.29, 1.82) is 0 Å². The van der Waals surface area contributed by atoms with E-state index in [2.05, 4.69) is 5.10 Å². The van der Waals surface area contributed by atoms with Gasteiger partial charge >= 0.3 is 5.97 Å². The predicted octanol–water partition coefficient (Wildman–Crippen LogP) is 0.322. The maximum atomic E-state index is 12.6. The van der Waals surface area contributed by atoms with Crippen LogP contribution in [0.1, 0.15) is 11.4 Å². The number of nitrogens with zero attached hydrogens (tertiary/aromatic N) is 3. The summed E-state index contributed by atoms with van der Waals surface area (Å²) in [7, 11) is -3.59. The van der Waals surface area contributed by atoms with Gasteiger partial charge in [-0.05, 0) is 13.8 Å². The molecule has 0 unspecified atom stereocenters. The van der Waals surface area contributed by atoms with Gasteiger partial charge in [-0.1, -0.05) is 0 Å². The summed E-state index contributed by atoms with van der Waals surface area (Å²) in [5.41, 5.74) is 0.727. The molecule has 7 nitrogen and oxygen atoms in total. The molecule has 1 fully saturated rings. The van der Waals surface area contributed by atoms with E-state index in [1.807, 2.05) is 0 Å². The Kier molecular flexibility index (Phi) is 4.40. The fourth-order valence-electron chi connectivity index (χ4n) is 2.25. The minimum atomic E-state index is -3.59. The zero-order valence-electron chi connectivity index (χ0n) is 11.4. The lowest BCUT2D eigenvalue weighted by Crippen LogP contribution is -2.38. The first kappa shape index (κ1) is 15.3. The molecule has 0 spiro atoms. The normalized spacial score (nSPS) is 17.3. The lowest BCUT2D eigenvalue weighted by molar-refractivity contribution is -0.137. The molecule has 20 heavy (non-hydrogen) atoms. The monoisotopic (exact) mass is 319 g/mol. The first-order valence-electron chi connectivity index (χ1n) is 6.17. The Morgan fingerprint density at radius 1 is 1.35 bits per heavy atom. The van der Waals surface area contributed by atoms with Gasteiger partial charge in [0.05, 0.1) is 11.4 Å². The van der Waals surface area contributed by atoms with Crippen molar-refractivity contribution in [1.82, 2.24) is 14.1 Å². The van der Waals surface area contributed by atoms with E-state index in [9.17, 15) is 13.2 Å². The molecule has 1 aliphatic rings. The Bertz CT molecular complexity index is 618. The van der Waals surface area contributed by atoms with Crippen molar-refractivity contribution in [3.05, 3.63) is 11.4 Å². The van der Waals surface area contributed by atoms with E-state index in [4.69, 9.17) is 5.11 Å². The zero-order valence-corrected chi connectivity index (χ0v) is 13.0. The molecule has 2 heterocycles. The third kappa shape index (κ3) is 2.84. The maximum absolute atomic E-state index is 12.6. The van der Waals surface area contributed by atoms with Crippen LogP contribution in [0.15, 0.2) is 4.90 Å². The first-order valence-corrected chi connectivity index (χ1v) is 8.77. The molecule has 9 heteroatoms. The van der Waals surface area contributed by atoms with Gasteiger partial charge in [0.15, 0.2) is 0 Å². The van der Waals surface area contributed by atoms with Crippen LogP contribution in [0, 0.1) is 13.8 Å². The van der Waals surface area contributed by atoms with E-state index in [1.165, 1.54) is 8.99 Å². The van der Waals surface area contributed by atoms with Crippen LogP contribution in [0.2, 0.25) is 0 Å². The number of carbonyl (C=O) groups is 1. The molecule has 1 aromatic heterocycles. The highest BCUT2D eigenvalue weighted by molar-refractivity contribution is 7.99. The fourth-order valence-corrected chi connectivity index (χ4v) is 5.20. The standard InChI is InChI=1S/C11H17N3O4S2/c1-8-11(9(2)14(12-8)7-10(15)16)20(17,18)13-3-5-19-6-4-13/h3-7H2,1-2H3,(H,15,16). The molecule has 0 aromatic carbocycles. The quantitative estimate of drug-likeness (QED) is 0.859. The highest BCUT2D eigenvalue weighted by Crippen LogP contribution is 2.25. The Hall–Kier alpha value is -1.06. The van der Waals surface area contributed by atoms with Gasteiger partial charge in [0.2, 0.25) is 10.0 Å². The van der Waals surface area contributed by atoms with Gasteiger partial charge in [-0.2, -0.15) is 21.2 Å². The van der Waals surface area contributed by atoms with Crippen LogP contribution in [0.5, 0.6) is 0 Å². The van der Waals surface area contributed by atoms with Crippen LogP contribution in [-0.4, -0.2) is 58.2 Å². The van der Waals surface area contributed by atoms with Gasteiger partial charge in [0.25, 0.3) is 0 Å². The largest absolute Gasteiger partial charge is 0.480 e. The molecule has 0 amide bonds. The summed E-state index contributed by atoms with van der Waals surface area (Å²) < 4.78 is 28.0. The van der Waals surface area contributed by atoms with E-state index < -0.39 is 16.0 Å². The van der Waals surface area contributed by atoms with Crippen LogP contribution in [0.3, 0.4) is 0 Å². The van der Waals surface area contributed by atoms with E-state index in [0.717, 1.165) is 11.5 Å². The van der Waals surface area contributed by atoms with Gasteiger partial charge in [-0.3, -0.25) is 9.48 Å². The third-order valence-corrected chi connectivity index (χ3v) is 6.26. The average molecular weight is 319 g/mol. The Morgan fingerprint density at radius 2 is 1.95 bits per heavy atom. The van der Waals surface area contributed by atoms with Crippen LogP contribution < -0.4 is 0 Å². The third-order valence-electron chi connectivity index (χ3n) is 3.17. The number of hydrogen-bond acceptors (Lipinski definition) is 5. The van der Waals surface area contributed by atoms with Crippen molar-refractivity contribution in [2.24, 2.45) is 0 Å². The summed E-state index contributed by atoms with van der Waals surface area (Å²) in [6.45, 7) is 3.81. The molecule has 0 saturated carbocycles. The van der Waals surface area contributed by atoms with E-state index in [0.29, 0.717) is 24.5 Å². The molecular weight excluding hydrogens is 302 g/mol. The smallest absolute Gasteiger partial charge is 0.325 e. The second-order valence-corrected chi connectivity index (χ2v) is 7.67. The minimum absolute atomic E-state index is 0.144. The maximum Gasteiger partial charge on any atom is 0.325 e. The fraction of sp³-hybridized carbons (Fsp3) is 0.636. The van der Waals surface area contributed by atoms with Crippen molar-refractivity contribution in [3.8, 4) is 0 Å². The molecule has 0 atom stereocenters. The Balaban J connectivity index is 2.41. The summed E-state index contributed by atoms with van der Waals surface area (Å²) in [6, 6.07) is 0. The molecule has 112 valence electrons. The predicted molar refractivity (Wildman–Crippen MR) is 75.4 cm³/mol. The van der Waals surface area contributed by atoms with Crippen molar-refractivity contribution in [3.63, 3.8) is 0 Å². The molecule has 1 aliphatic heterocycles. The number of aryl methyl sites for hydroxylation is 1. The number of carboxylic acid groups (broad SMARTS) is 1. The highest BCUT2D eigenvalue weighted by Gasteiger charge is 2.32. The van der Waals surface area contributed by atoms with Gasteiger partial charge in [0, 0.05) is 24.6 Å². The summed E-state index contributed by atoms with van der Waals surface area (Å²) in [4.78, 5) is 10.9. The van der Waals surface area contributed by atoms with Crippen LogP contribution >= 0.6 is 11.8 Å². The number of aliphatic carboxylic acids is 1. The second-order valence-electron chi connectivity index (χ2n) is 4.57. The lowest BCUT2D eigenvalue weighted by atomic mass is 10.4. The summed E-state index contributed by atoms with van der Waals surface area (Å²) in [5, 5.41) is 12.9. The zero-order chi connectivity index (χ0) is 14.9. The van der Waals surface area contributed by atoms with E-state index in [-0.39, 0.29) is 11.4 Å². The minimum Gasteiger partial charge on any atom is -0.480 e. The van der Waals surface area contributed by atoms with Gasteiger partial charge in [0.1, 0.15) is 11.4 Å². The van der Waals surface area contributed by atoms with Crippen LogP contribution in [-0.2, 0) is 21.4 Å². The molecule has 0 aliphatic carbocycles. The summed E-state index contributed by atoms with van der Waals surface area (Å²) >= 11 is 1.73. The molecule has 1 aromatic rings. The molecule has 0 radical (unpaired) electrons. The van der Waals surface area contributed by atoms with Crippen molar-refractivity contribution in [2.75, 3.05) is 24.6 Å². The molecule has 1 N–H and O–H groups in total. The number of aromatic nitrogens is 2. The van der Waals surface area contributed by atoms with Crippen molar-refractivity contribution >= 4 is 27.8 Å². The molecule has 1 saturated heterocycles. The second kappa shape index (κ2) is 5.74. The lowest BCUT2D eigenvalue weighted by Gasteiger charge is -2.25. The molecule has 0 bridgehead atoms. The average Bonchev–Trinajstić information content (AvgIpc) is 2.65. The summed E-state index contributed by atoms with van der Waals surface area (Å²) in [5.74, 6) is 0.509. The van der Waals surface area contributed by atoms with Gasteiger partial charge in [-0.25, -0.2) is 8.42 Å². The number of hydrogen-bond donors (Lipinski definition) is 1. The van der Waals surface area contributed by atoms with E-state index >= 15 is 0 Å². The molecular formula is C11H17N3O4S2. The number of thioether (sulfide) groups is 1. The Morgan fingerprint density at radius 3 is 2.50 bits per heavy atom. The number of carboxylic acids is 1.